The molecule has 0 amide bonds. The normalized spacial score (nSPS) is 21.6. The van der Waals surface area contributed by atoms with Gasteiger partial charge in [-0.15, -0.1) is 0 Å². The molecule has 2 aliphatic heterocycles. The lowest BCUT2D eigenvalue weighted by Gasteiger charge is -2.26. The second kappa shape index (κ2) is 5.31. The van der Waals surface area contributed by atoms with Crippen molar-refractivity contribution in [2.45, 2.75) is 30.7 Å². The van der Waals surface area contributed by atoms with Gasteiger partial charge in [0.15, 0.2) is 0 Å². The fraction of sp³-hybridized carbons (Fsp3) is 0.467. The van der Waals surface area contributed by atoms with Crippen molar-refractivity contribution in [2.75, 3.05) is 19.6 Å². The lowest BCUT2D eigenvalue weighted by atomic mass is 10.1. The van der Waals surface area contributed by atoms with E-state index in [0.717, 1.165) is 37.1 Å². The SMILES string of the molecule is NCc1cccc2c1C=C(CN1CCCCC1)S2(=O)=O. The van der Waals surface area contributed by atoms with Crippen LogP contribution in [-0.4, -0.2) is 33.0 Å². The van der Waals surface area contributed by atoms with Gasteiger partial charge >= 0.3 is 0 Å². The van der Waals surface area contributed by atoms with Crippen molar-refractivity contribution in [3.63, 3.8) is 0 Å². The Hall–Kier alpha value is -1.17. The summed E-state index contributed by atoms with van der Waals surface area (Å²) < 4.78 is 25.2. The minimum Gasteiger partial charge on any atom is -0.326 e. The van der Waals surface area contributed by atoms with E-state index in [2.05, 4.69) is 4.90 Å². The van der Waals surface area contributed by atoms with Crippen LogP contribution in [0.3, 0.4) is 0 Å². The van der Waals surface area contributed by atoms with Crippen molar-refractivity contribution >= 4 is 15.9 Å². The van der Waals surface area contributed by atoms with Crippen LogP contribution in [0.5, 0.6) is 0 Å². The van der Waals surface area contributed by atoms with Crippen LogP contribution in [0.15, 0.2) is 28.0 Å². The number of nitrogens with zero attached hydrogens (tertiary/aromatic N) is 1. The second-order valence-electron chi connectivity index (χ2n) is 5.48. The topological polar surface area (TPSA) is 63.4 Å². The van der Waals surface area contributed by atoms with Gasteiger partial charge in [-0.1, -0.05) is 18.6 Å². The smallest absolute Gasteiger partial charge is 0.204 e. The van der Waals surface area contributed by atoms with Gasteiger partial charge in [-0.25, -0.2) is 8.42 Å². The highest BCUT2D eigenvalue weighted by atomic mass is 32.2. The van der Waals surface area contributed by atoms with Gasteiger partial charge in [0, 0.05) is 13.1 Å². The third-order valence-corrected chi connectivity index (χ3v) is 6.02. The summed E-state index contributed by atoms with van der Waals surface area (Å²) in [6.07, 6.45) is 5.39. The van der Waals surface area contributed by atoms with E-state index in [1.807, 2.05) is 12.1 Å². The predicted molar refractivity (Wildman–Crippen MR) is 79.8 cm³/mol. The maximum absolute atomic E-state index is 12.6. The largest absolute Gasteiger partial charge is 0.326 e. The minimum atomic E-state index is -3.31. The van der Waals surface area contributed by atoms with E-state index in [0.29, 0.717) is 22.9 Å². The number of likely N-dealkylation sites (tertiary alicyclic amines) is 1. The highest BCUT2D eigenvalue weighted by Gasteiger charge is 2.31. The van der Waals surface area contributed by atoms with Crippen molar-refractivity contribution in [3.05, 3.63) is 34.2 Å². The molecule has 2 aliphatic rings. The van der Waals surface area contributed by atoms with Crippen LogP contribution in [0.1, 0.15) is 30.4 Å². The van der Waals surface area contributed by atoms with Gasteiger partial charge in [-0.2, -0.15) is 0 Å². The lowest BCUT2D eigenvalue weighted by molar-refractivity contribution is 0.250. The highest BCUT2D eigenvalue weighted by Crippen LogP contribution is 2.35. The molecule has 5 heteroatoms. The van der Waals surface area contributed by atoms with E-state index < -0.39 is 9.84 Å². The first-order chi connectivity index (χ1) is 9.63. The standard InChI is InChI=1S/C15H20N2O2S/c16-10-12-5-4-6-15-14(12)9-13(20(15,18)19)11-17-7-2-1-3-8-17/h4-6,9H,1-3,7-8,10-11,16H2. The Kier molecular flexibility index (Phi) is 3.67. The lowest BCUT2D eigenvalue weighted by Crippen LogP contribution is -2.32. The van der Waals surface area contributed by atoms with E-state index >= 15 is 0 Å². The number of piperidine rings is 1. The summed E-state index contributed by atoms with van der Waals surface area (Å²) in [6, 6.07) is 5.36. The van der Waals surface area contributed by atoms with Crippen LogP contribution in [-0.2, 0) is 16.4 Å². The quantitative estimate of drug-likeness (QED) is 0.922. The Morgan fingerprint density at radius 1 is 1.15 bits per heavy atom. The van der Waals surface area contributed by atoms with Crippen molar-refractivity contribution < 1.29 is 8.42 Å². The van der Waals surface area contributed by atoms with E-state index in [4.69, 9.17) is 5.73 Å². The third-order valence-electron chi connectivity index (χ3n) is 4.14. The Balaban J connectivity index is 1.93. The number of hydrogen-bond donors (Lipinski definition) is 1. The van der Waals surface area contributed by atoms with Gasteiger partial charge in [-0.3, -0.25) is 4.90 Å². The van der Waals surface area contributed by atoms with Crippen molar-refractivity contribution in [1.82, 2.24) is 4.90 Å². The molecule has 0 saturated carbocycles. The molecule has 1 saturated heterocycles. The fourth-order valence-electron chi connectivity index (χ4n) is 3.01. The highest BCUT2D eigenvalue weighted by molar-refractivity contribution is 7.95. The molecule has 20 heavy (non-hydrogen) atoms. The molecule has 3 rings (SSSR count). The van der Waals surface area contributed by atoms with E-state index in [1.54, 1.807) is 12.1 Å². The summed E-state index contributed by atoms with van der Waals surface area (Å²) in [5, 5.41) is 0. The first kappa shape index (κ1) is 13.8. The van der Waals surface area contributed by atoms with Gasteiger partial charge in [-0.05, 0) is 49.2 Å². The zero-order valence-electron chi connectivity index (χ0n) is 11.5. The summed E-state index contributed by atoms with van der Waals surface area (Å²) >= 11 is 0. The number of hydrogen-bond acceptors (Lipinski definition) is 4. The van der Waals surface area contributed by atoms with Crippen LogP contribution >= 0.6 is 0 Å². The Morgan fingerprint density at radius 3 is 2.60 bits per heavy atom. The van der Waals surface area contributed by atoms with Crippen molar-refractivity contribution in [2.24, 2.45) is 5.73 Å². The van der Waals surface area contributed by atoms with Crippen LogP contribution in [0.2, 0.25) is 0 Å². The average molecular weight is 292 g/mol. The Bertz CT molecular complexity index is 644. The van der Waals surface area contributed by atoms with E-state index in [-0.39, 0.29) is 0 Å². The molecule has 2 heterocycles. The summed E-state index contributed by atoms with van der Waals surface area (Å²) in [4.78, 5) is 3.18. The predicted octanol–water partition coefficient (Wildman–Crippen LogP) is 1.76. The molecular formula is C15H20N2O2S. The number of benzene rings is 1. The number of fused-ring (bicyclic) bond motifs is 1. The Labute approximate surface area is 120 Å². The molecule has 4 nitrogen and oxygen atoms in total. The summed E-state index contributed by atoms with van der Waals surface area (Å²) in [7, 11) is -3.31. The molecular weight excluding hydrogens is 272 g/mol. The molecule has 0 aromatic heterocycles. The summed E-state index contributed by atoms with van der Waals surface area (Å²) in [6.45, 7) is 2.88. The minimum absolute atomic E-state index is 0.367. The molecule has 0 atom stereocenters. The van der Waals surface area contributed by atoms with Crippen molar-refractivity contribution in [1.29, 1.82) is 0 Å². The monoisotopic (exact) mass is 292 g/mol. The third kappa shape index (κ3) is 2.30. The van der Waals surface area contributed by atoms with Crippen LogP contribution in [0.25, 0.3) is 6.08 Å². The molecule has 0 aliphatic carbocycles. The zero-order valence-corrected chi connectivity index (χ0v) is 12.3. The maximum Gasteiger partial charge on any atom is 0.204 e. The van der Waals surface area contributed by atoms with Crippen LogP contribution in [0, 0.1) is 0 Å². The molecule has 1 aromatic carbocycles. The van der Waals surface area contributed by atoms with Crippen LogP contribution < -0.4 is 5.73 Å². The number of nitrogens with two attached hydrogens (primary N) is 1. The molecule has 0 spiro atoms. The second-order valence-corrected chi connectivity index (χ2v) is 7.46. The number of sulfone groups is 1. The molecule has 0 radical (unpaired) electrons. The molecule has 108 valence electrons. The molecule has 1 aromatic rings. The molecule has 0 unspecified atom stereocenters. The van der Waals surface area contributed by atoms with Gasteiger partial charge < -0.3 is 5.73 Å². The van der Waals surface area contributed by atoms with Gasteiger partial charge in [0.1, 0.15) is 0 Å². The maximum atomic E-state index is 12.6. The van der Waals surface area contributed by atoms with Crippen molar-refractivity contribution in [3.8, 4) is 0 Å². The first-order valence-electron chi connectivity index (χ1n) is 7.13. The number of rotatable bonds is 3. The first-order valence-corrected chi connectivity index (χ1v) is 8.61. The summed E-state index contributed by atoms with van der Waals surface area (Å²) in [5.74, 6) is 0. The van der Waals surface area contributed by atoms with Crippen LogP contribution in [0.4, 0.5) is 0 Å². The molecule has 0 bridgehead atoms. The fourth-order valence-corrected chi connectivity index (χ4v) is 4.66. The van der Waals surface area contributed by atoms with Gasteiger partial charge in [0.25, 0.3) is 0 Å². The van der Waals surface area contributed by atoms with Gasteiger partial charge in [0.2, 0.25) is 9.84 Å². The van der Waals surface area contributed by atoms with E-state index in [9.17, 15) is 8.42 Å². The average Bonchev–Trinajstić information content (AvgIpc) is 2.72. The molecule has 2 N–H and O–H groups in total. The van der Waals surface area contributed by atoms with Gasteiger partial charge in [0.05, 0.1) is 9.80 Å². The van der Waals surface area contributed by atoms with E-state index in [1.165, 1.54) is 6.42 Å². The Morgan fingerprint density at radius 2 is 1.90 bits per heavy atom. The zero-order chi connectivity index (χ0) is 14.2. The molecule has 1 fully saturated rings. The summed E-state index contributed by atoms with van der Waals surface area (Å²) in [5.41, 5.74) is 7.40.